The molecule has 0 heterocycles. The summed E-state index contributed by atoms with van der Waals surface area (Å²) < 4.78 is 10.6. The zero-order valence-electron chi connectivity index (χ0n) is 31.5. The minimum absolute atomic E-state index is 0.297. The molecule has 0 aliphatic carbocycles. The molecule has 1 amide bonds. The van der Waals surface area contributed by atoms with Crippen molar-refractivity contribution in [3.8, 4) is 0 Å². The Kier molecular flexibility index (Phi) is 37.3. The first-order chi connectivity index (χ1) is 22.2. The van der Waals surface area contributed by atoms with Crippen molar-refractivity contribution in [3.05, 3.63) is 0 Å². The first-order valence-corrected chi connectivity index (χ1v) is 20.5. The van der Waals surface area contributed by atoms with Crippen LogP contribution < -0.4 is 0 Å². The Morgan fingerprint density at radius 1 is 0.467 bits per heavy atom. The summed E-state index contributed by atoms with van der Waals surface area (Å²) in [6, 6.07) is 0.404. The van der Waals surface area contributed by atoms with Gasteiger partial charge in [0.1, 0.15) is 0 Å². The molecule has 0 fully saturated rings. The number of rotatable bonds is 38. The van der Waals surface area contributed by atoms with Crippen molar-refractivity contribution in [2.24, 2.45) is 0 Å². The van der Waals surface area contributed by atoms with Gasteiger partial charge in [0.2, 0.25) is 5.91 Å². The molecular formula is C41H83NO3. The molecule has 0 N–H and O–H groups in total. The molecule has 0 aromatic rings. The van der Waals surface area contributed by atoms with Crippen LogP contribution in [0.5, 0.6) is 0 Å². The molecule has 0 aliphatic rings. The fourth-order valence-electron chi connectivity index (χ4n) is 6.63. The standard InChI is InChI=1S/C41H83NO3/c1-5-7-9-11-13-15-17-19-21-23-25-27-29-31-34-40(42(3)41(43)36-33-37-45-39-38-44-4)35-32-30-28-26-24-22-20-18-16-14-12-10-8-6-2/h40H,5-39H2,1-4H3. The Morgan fingerprint density at radius 2 is 0.800 bits per heavy atom. The molecule has 270 valence electrons. The van der Waals surface area contributed by atoms with Crippen LogP contribution in [0.15, 0.2) is 0 Å². The van der Waals surface area contributed by atoms with Gasteiger partial charge in [-0.2, -0.15) is 0 Å². The lowest BCUT2D eigenvalue weighted by molar-refractivity contribution is -0.132. The Morgan fingerprint density at radius 3 is 1.13 bits per heavy atom. The Balaban J connectivity index is 4.11. The maximum Gasteiger partial charge on any atom is 0.222 e. The Hall–Kier alpha value is -0.610. The van der Waals surface area contributed by atoms with Crippen molar-refractivity contribution in [2.45, 2.75) is 225 Å². The smallest absolute Gasteiger partial charge is 0.222 e. The van der Waals surface area contributed by atoms with E-state index in [-0.39, 0.29) is 0 Å². The number of hydrogen-bond donors (Lipinski definition) is 0. The molecule has 0 saturated heterocycles. The van der Waals surface area contributed by atoms with Crippen molar-refractivity contribution in [1.82, 2.24) is 4.90 Å². The lowest BCUT2D eigenvalue weighted by Crippen LogP contribution is -2.37. The van der Waals surface area contributed by atoms with Crippen molar-refractivity contribution in [2.75, 3.05) is 34.0 Å². The molecule has 0 rings (SSSR count). The van der Waals surface area contributed by atoms with E-state index in [9.17, 15) is 4.79 Å². The van der Waals surface area contributed by atoms with Crippen LogP contribution in [0.4, 0.5) is 0 Å². The van der Waals surface area contributed by atoms with Gasteiger partial charge in [-0.15, -0.1) is 0 Å². The topological polar surface area (TPSA) is 38.8 Å². The van der Waals surface area contributed by atoms with E-state index in [1.807, 2.05) is 0 Å². The minimum Gasteiger partial charge on any atom is -0.382 e. The number of methoxy groups -OCH3 is 1. The molecule has 0 saturated carbocycles. The fraction of sp³-hybridized carbons (Fsp3) is 0.976. The number of carbonyl (C=O) groups excluding carboxylic acids is 1. The highest BCUT2D eigenvalue weighted by atomic mass is 16.5. The van der Waals surface area contributed by atoms with Crippen LogP contribution in [0, 0.1) is 0 Å². The van der Waals surface area contributed by atoms with E-state index < -0.39 is 0 Å². The molecular weight excluding hydrogens is 554 g/mol. The van der Waals surface area contributed by atoms with Crippen LogP contribution in [0.1, 0.15) is 219 Å². The zero-order chi connectivity index (χ0) is 32.9. The molecule has 0 aromatic carbocycles. The Bertz CT molecular complexity index is 537. The third-order valence-electron chi connectivity index (χ3n) is 9.83. The summed E-state index contributed by atoms with van der Waals surface area (Å²) >= 11 is 0. The van der Waals surface area contributed by atoms with Gasteiger partial charge in [-0.05, 0) is 19.3 Å². The van der Waals surface area contributed by atoms with Crippen LogP contribution in [-0.2, 0) is 14.3 Å². The van der Waals surface area contributed by atoms with Gasteiger partial charge in [0.15, 0.2) is 0 Å². The number of amides is 1. The van der Waals surface area contributed by atoms with Crippen LogP contribution in [0.25, 0.3) is 0 Å². The predicted molar refractivity (Wildman–Crippen MR) is 198 cm³/mol. The van der Waals surface area contributed by atoms with Crippen molar-refractivity contribution >= 4 is 5.91 Å². The van der Waals surface area contributed by atoms with E-state index in [4.69, 9.17) is 9.47 Å². The van der Waals surface area contributed by atoms with Crippen LogP contribution >= 0.6 is 0 Å². The van der Waals surface area contributed by atoms with Gasteiger partial charge in [-0.1, -0.05) is 194 Å². The van der Waals surface area contributed by atoms with Crippen molar-refractivity contribution in [1.29, 1.82) is 0 Å². The van der Waals surface area contributed by atoms with Crippen LogP contribution in [0.3, 0.4) is 0 Å². The summed E-state index contributed by atoms with van der Waals surface area (Å²) in [4.78, 5) is 15.1. The molecule has 0 unspecified atom stereocenters. The Labute approximate surface area is 283 Å². The van der Waals surface area contributed by atoms with Gasteiger partial charge >= 0.3 is 0 Å². The summed E-state index contributed by atoms with van der Waals surface area (Å²) in [7, 11) is 3.75. The van der Waals surface area contributed by atoms with Crippen molar-refractivity contribution < 1.29 is 14.3 Å². The minimum atomic E-state index is 0.297. The van der Waals surface area contributed by atoms with E-state index in [1.165, 1.54) is 193 Å². The lowest BCUT2D eigenvalue weighted by Gasteiger charge is -2.29. The quantitative estimate of drug-likeness (QED) is 0.0632. The van der Waals surface area contributed by atoms with Gasteiger partial charge in [0.05, 0.1) is 13.2 Å². The molecule has 0 bridgehead atoms. The summed E-state index contributed by atoms with van der Waals surface area (Å²) in [5, 5.41) is 0. The van der Waals surface area contributed by atoms with Gasteiger partial charge in [0, 0.05) is 33.2 Å². The van der Waals surface area contributed by atoms with Gasteiger partial charge in [0.25, 0.3) is 0 Å². The third kappa shape index (κ3) is 33.1. The van der Waals surface area contributed by atoms with Crippen molar-refractivity contribution in [3.63, 3.8) is 0 Å². The lowest BCUT2D eigenvalue weighted by atomic mass is 9.98. The molecule has 0 spiro atoms. The van der Waals surface area contributed by atoms with E-state index in [0.717, 1.165) is 6.42 Å². The second kappa shape index (κ2) is 37.8. The summed E-state index contributed by atoms with van der Waals surface area (Å²) in [6.07, 6.45) is 42.8. The summed E-state index contributed by atoms with van der Waals surface area (Å²) in [6.45, 7) is 6.47. The van der Waals surface area contributed by atoms with E-state index >= 15 is 0 Å². The third-order valence-corrected chi connectivity index (χ3v) is 9.83. The van der Waals surface area contributed by atoms with E-state index in [0.29, 0.717) is 38.2 Å². The number of hydrogen-bond acceptors (Lipinski definition) is 3. The monoisotopic (exact) mass is 638 g/mol. The summed E-state index contributed by atoms with van der Waals surface area (Å²) in [5.74, 6) is 0.297. The fourth-order valence-corrected chi connectivity index (χ4v) is 6.63. The first-order valence-electron chi connectivity index (χ1n) is 20.5. The largest absolute Gasteiger partial charge is 0.382 e. The molecule has 4 nitrogen and oxygen atoms in total. The highest BCUT2D eigenvalue weighted by molar-refractivity contribution is 5.76. The number of ether oxygens (including phenoxy) is 2. The number of unbranched alkanes of at least 4 members (excludes halogenated alkanes) is 26. The highest BCUT2D eigenvalue weighted by Gasteiger charge is 2.19. The second-order valence-corrected chi connectivity index (χ2v) is 14.1. The molecule has 45 heavy (non-hydrogen) atoms. The maximum absolute atomic E-state index is 13.0. The zero-order valence-corrected chi connectivity index (χ0v) is 31.5. The number of carbonyl (C=O) groups is 1. The average Bonchev–Trinajstić information content (AvgIpc) is 3.05. The SMILES string of the molecule is CCCCCCCCCCCCCCCCC(CCCCCCCCCCCCCCCC)N(C)C(=O)CCCOCCOC. The van der Waals surface area contributed by atoms with Gasteiger partial charge in [-0.3, -0.25) is 4.79 Å². The molecule has 0 atom stereocenters. The van der Waals surface area contributed by atoms with E-state index in [1.54, 1.807) is 7.11 Å². The first kappa shape index (κ1) is 44.4. The predicted octanol–water partition coefficient (Wildman–Crippen LogP) is 13.0. The van der Waals surface area contributed by atoms with Crippen LogP contribution in [-0.4, -0.2) is 50.8 Å². The second-order valence-electron chi connectivity index (χ2n) is 14.1. The molecule has 4 heteroatoms. The van der Waals surface area contributed by atoms with E-state index in [2.05, 4.69) is 25.8 Å². The maximum atomic E-state index is 13.0. The number of nitrogens with zero attached hydrogens (tertiary/aromatic N) is 1. The average molecular weight is 638 g/mol. The molecule has 0 radical (unpaired) electrons. The highest BCUT2D eigenvalue weighted by Crippen LogP contribution is 2.20. The molecule has 0 aliphatic heterocycles. The normalized spacial score (nSPS) is 11.6. The van der Waals surface area contributed by atoms with Crippen LogP contribution in [0.2, 0.25) is 0 Å². The van der Waals surface area contributed by atoms with Gasteiger partial charge < -0.3 is 14.4 Å². The summed E-state index contributed by atoms with van der Waals surface area (Å²) in [5.41, 5.74) is 0. The van der Waals surface area contributed by atoms with Gasteiger partial charge in [-0.25, -0.2) is 0 Å². The molecule has 0 aromatic heterocycles.